The van der Waals surface area contributed by atoms with Gasteiger partial charge in [0.2, 0.25) is 0 Å². The van der Waals surface area contributed by atoms with Gasteiger partial charge in [-0.25, -0.2) is 0 Å². The predicted octanol–water partition coefficient (Wildman–Crippen LogP) is 1.86. The molecule has 0 atom stereocenters. The van der Waals surface area contributed by atoms with Gasteiger partial charge in [0.25, 0.3) is 0 Å². The van der Waals surface area contributed by atoms with E-state index in [1.54, 1.807) is 0 Å². The Kier molecular flexibility index (Phi) is 9.12. The highest BCUT2D eigenvalue weighted by atomic mass is 32.2. The fraction of sp³-hybridized carbons (Fsp3) is 0.923. The summed E-state index contributed by atoms with van der Waals surface area (Å²) in [6.45, 7) is 2.74. The number of ether oxygens (including phenoxy) is 1. The maximum absolute atomic E-state index is 5.81. The van der Waals surface area contributed by atoms with Crippen molar-refractivity contribution in [2.75, 3.05) is 38.8 Å². The fourth-order valence-electron chi connectivity index (χ4n) is 2.08. The normalized spacial score (nSPS) is 17.1. The lowest BCUT2D eigenvalue weighted by Crippen LogP contribution is -2.39. The van der Waals surface area contributed by atoms with Crippen LogP contribution in [0.15, 0.2) is 4.99 Å². The lowest BCUT2D eigenvalue weighted by molar-refractivity contribution is 0.0574. The summed E-state index contributed by atoms with van der Waals surface area (Å²) in [6, 6.07) is 0. The van der Waals surface area contributed by atoms with Crippen LogP contribution in [0.3, 0.4) is 0 Å². The van der Waals surface area contributed by atoms with E-state index in [2.05, 4.69) is 21.9 Å². The third-order valence-electron chi connectivity index (χ3n) is 3.09. The van der Waals surface area contributed by atoms with Gasteiger partial charge in [-0.1, -0.05) is 12.8 Å². The van der Waals surface area contributed by atoms with Crippen LogP contribution in [0.1, 0.15) is 32.1 Å². The number of hydrogen-bond acceptors (Lipinski definition) is 3. The van der Waals surface area contributed by atoms with Crippen LogP contribution in [0.25, 0.3) is 0 Å². The van der Waals surface area contributed by atoms with E-state index in [1.165, 1.54) is 25.7 Å². The predicted molar refractivity (Wildman–Crippen MR) is 80.6 cm³/mol. The Morgan fingerprint density at radius 1 is 1.28 bits per heavy atom. The molecule has 0 spiro atoms. The number of nitrogens with one attached hydrogen (secondary N) is 2. The smallest absolute Gasteiger partial charge is 0.191 e. The molecule has 18 heavy (non-hydrogen) atoms. The van der Waals surface area contributed by atoms with Crippen molar-refractivity contribution in [2.24, 2.45) is 4.99 Å². The highest BCUT2D eigenvalue weighted by Crippen LogP contribution is 2.20. The molecule has 5 heteroatoms. The fourth-order valence-corrected chi connectivity index (χ4v) is 2.38. The molecule has 1 saturated carbocycles. The summed E-state index contributed by atoms with van der Waals surface area (Å²) < 4.78 is 5.81. The van der Waals surface area contributed by atoms with Crippen molar-refractivity contribution in [1.82, 2.24) is 10.6 Å². The topological polar surface area (TPSA) is 45.7 Å². The second-order valence-corrected chi connectivity index (χ2v) is 5.53. The van der Waals surface area contributed by atoms with Gasteiger partial charge in [0.1, 0.15) is 0 Å². The molecule has 0 amide bonds. The quantitative estimate of drug-likeness (QED) is 0.402. The van der Waals surface area contributed by atoms with Crippen LogP contribution in [-0.2, 0) is 4.74 Å². The van der Waals surface area contributed by atoms with Gasteiger partial charge in [0.15, 0.2) is 5.96 Å². The standard InChI is InChI=1S/C13H27N3OS/c1-14-13(16-9-11-18-2)15-8-5-10-17-12-6-3-4-7-12/h12H,3-11H2,1-2H3,(H2,14,15,16). The monoisotopic (exact) mass is 273 g/mol. The maximum Gasteiger partial charge on any atom is 0.191 e. The number of guanidine groups is 1. The summed E-state index contributed by atoms with van der Waals surface area (Å²) in [6.07, 6.45) is 8.88. The molecule has 106 valence electrons. The average molecular weight is 273 g/mol. The van der Waals surface area contributed by atoms with Gasteiger partial charge in [-0.15, -0.1) is 0 Å². The second kappa shape index (κ2) is 10.5. The van der Waals surface area contributed by atoms with E-state index in [0.717, 1.165) is 37.8 Å². The van der Waals surface area contributed by atoms with E-state index in [-0.39, 0.29) is 0 Å². The molecule has 1 fully saturated rings. The Labute approximate surface area is 115 Å². The minimum absolute atomic E-state index is 0.531. The first kappa shape index (κ1) is 15.6. The molecule has 0 aromatic carbocycles. The van der Waals surface area contributed by atoms with Gasteiger partial charge in [-0.05, 0) is 25.5 Å². The van der Waals surface area contributed by atoms with E-state index in [4.69, 9.17) is 4.74 Å². The van der Waals surface area contributed by atoms with Crippen LogP contribution < -0.4 is 10.6 Å². The van der Waals surface area contributed by atoms with Crippen LogP contribution in [0.5, 0.6) is 0 Å². The number of rotatable bonds is 8. The molecule has 0 aliphatic heterocycles. The Morgan fingerprint density at radius 3 is 2.67 bits per heavy atom. The minimum Gasteiger partial charge on any atom is -0.378 e. The van der Waals surface area contributed by atoms with E-state index < -0.39 is 0 Å². The highest BCUT2D eigenvalue weighted by molar-refractivity contribution is 7.98. The summed E-state index contributed by atoms with van der Waals surface area (Å²) in [5, 5.41) is 6.58. The van der Waals surface area contributed by atoms with Crippen molar-refractivity contribution in [1.29, 1.82) is 0 Å². The van der Waals surface area contributed by atoms with Crippen LogP contribution in [0, 0.1) is 0 Å². The first-order chi connectivity index (χ1) is 8.86. The van der Waals surface area contributed by atoms with Crippen LogP contribution in [0.4, 0.5) is 0 Å². The molecule has 0 bridgehead atoms. The Balaban J connectivity index is 1.94. The van der Waals surface area contributed by atoms with E-state index >= 15 is 0 Å². The molecule has 0 saturated heterocycles. The number of hydrogen-bond donors (Lipinski definition) is 2. The Morgan fingerprint density at radius 2 is 2.00 bits per heavy atom. The summed E-state index contributed by atoms with van der Waals surface area (Å²) in [4.78, 5) is 4.18. The van der Waals surface area contributed by atoms with Gasteiger partial charge in [0.05, 0.1) is 6.10 Å². The Hall–Kier alpha value is -0.420. The van der Waals surface area contributed by atoms with Gasteiger partial charge >= 0.3 is 0 Å². The third-order valence-corrected chi connectivity index (χ3v) is 3.70. The van der Waals surface area contributed by atoms with Crippen molar-refractivity contribution in [2.45, 2.75) is 38.2 Å². The summed E-state index contributed by atoms with van der Waals surface area (Å²) in [5.74, 6) is 2.00. The van der Waals surface area contributed by atoms with E-state index in [1.807, 2.05) is 18.8 Å². The van der Waals surface area contributed by atoms with E-state index in [9.17, 15) is 0 Å². The lowest BCUT2D eigenvalue weighted by atomic mass is 10.3. The SMILES string of the molecule is CN=C(NCCCOC1CCCC1)NCCSC. The molecule has 0 heterocycles. The largest absolute Gasteiger partial charge is 0.378 e. The molecule has 0 unspecified atom stereocenters. The first-order valence-corrected chi connectivity index (χ1v) is 8.31. The lowest BCUT2D eigenvalue weighted by Gasteiger charge is -2.13. The highest BCUT2D eigenvalue weighted by Gasteiger charge is 2.14. The number of thioether (sulfide) groups is 1. The van der Waals surface area contributed by atoms with Crippen molar-refractivity contribution in [3.05, 3.63) is 0 Å². The average Bonchev–Trinajstić information content (AvgIpc) is 2.89. The first-order valence-electron chi connectivity index (χ1n) is 6.92. The van der Waals surface area contributed by atoms with Crippen molar-refractivity contribution in [3.63, 3.8) is 0 Å². The summed E-state index contributed by atoms with van der Waals surface area (Å²) in [5.41, 5.74) is 0. The minimum atomic E-state index is 0.531. The third kappa shape index (κ3) is 7.11. The van der Waals surface area contributed by atoms with Gasteiger partial charge in [-0.3, -0.25) is 4.99 Å². The number of aliphatic imine (C=N–C) groups is 1. The van der Waals surface area contributed by atoms with Crippen LogP contribution in [0.2, 0.25) is 0 Å². The second-order valence-electron chi connectivity index (χ2n) is 4.55. The zero-order valence-electron chi connectivity index (χ0n) is 11.7. The molecule has 1 aliphatic carbocycles. The molecule has 4 nitrogen and oxygen atoms in total. The zero-order chi connectivity index (χ0) is 13.1. The zero-order valence-corrected chi connectivity index (χ0v) is 12.5. The molecule has 0 aromatic rings. The summed E-state index contributed by atoms with van der Waals surface area (Å²) in [7, 11) is 1.81. The molecule has 0 aromatic heterocycles. The van der Waals surface area contributed by atoms with Gasteiger partial charge < -0.3 is 15.4 Å². The number of nitrogens with zero attached hydrogens (tertiary/aromatic N) is 1. The molecular formula is C13H27N3OS. The van der Waals surface area contributed by atoms with Crippen LogP contribution in [-0.4, -0.2) is 50.8 Å². The van der Waals surface area contributed by atoms with Gasteiger partial charge in [0, 0.05) is 32.5 Å². The molecule has 1 rings (SSSR count). The summed E-state index contributed by atoms with van der Waals surface area (Å²) >= 11 is 1.83. The molecular weight excluding hydrogens is 246 g/mol. The van der Waals surface area contributed by atoms with Gasteiger partial charge in [-0.2, -0.15) is 11.8 Å². The van der Waals surface area contributed by atoms with Crippen molar-refractivity contribution in [3.8, 4) is 0 Å². The van der Waals surface area contributed by atoms with Crippen molar-refractivity contribution >= 4 is 17.7 Å². The molecule has 1 aliphatic rings. The van der Waals surface area contributed by atoms with Crippen molar-refractivity contribution < 1.29 is 4.74 Å². The molecule has 0 radical (unpaired) electrons. The maximum atomic E-state index is 5.81. The van der Waals surface area contributed by atoms with Crippen LogP contribution >= 0.6 is 11.8 Å². The Bertz CT molecular complexity index is 230. The molecule has 2 N–H and O–H groups in total. The van der Waals surface area contributed by atoms with E-state index in [0.29, 0.717) is 6.10 Å².